The molecule has 0 saturated carbocycles. The van der Waals surface area contributed by atoms with Crippen molar-refractivity contribution in [3.05, 3.63) is 83.4 Å². The van der Waals surface area contributed by atoms with Gasteiger partial charge in [0.05, 0.1) is 22.3 Å². The highest BCUT2D eigenvalue weighted by Gasteiger charge is 2.16. The Kier molecular flexibility index (Phi) is 6.11. The molecule has 1 saturated heterocycles. The Hall–Kier alpha value is -3.22. The highest BCUT2D eigenvalue weighted by molar-refractivity contribution is 6.34. The van der Waals surface area contributed by atoms with Gasteiger partial charge in [-0.05, 0) is 42.8 Å². The van der Waals surface area contributed by atoms with E-state index < -0.39 is 0 Å². The molecule has 1 unspecified atom stereocenters. The van der Waals surface area contributed by atoms with Gasteiger partial charge in [0.1, 0.15) is 11.6 Å². The molecule has 168 valence electrons. The zero-order chi connectivity index (χ0) is 22.8. The minimum absolute atomic E-state index is 0.247. The number of nitrogens with one attached hydrogen (secondary N) is 2. The number of pyridine rings is 2. The molecule has 5 rings (SSSR count). The van der Waals surface area contributed by atoms with Gasteiger partial charge in [0, 0.05) is 55.1 Å². The van der Waals surface area contributed by atoms with E-state index in [-0.39, 0.29) is 11.9 Å². The molecule has 0 aliphatic carbocycles. The number of hydrogen-bond donors (Lipinski definition) is 2. The van der Waals surface area contributed by atoms with E-state index in [1.165, 1.54) is 6.07 Å². The molecule has 0 radical (unpaired) electrons. The van der Waals surface area contributed by atoms with Crippen molar-refractivity contribution in [3.8, 4) is 11.1 Å². The minimum atomic E-state index is -0.266. The molecule has 1 aliphatic rings. The predicted octanol–water partition coefficient (Wildman–Crippen LogP) is 5.67. The van der Waals surface area contributed by atoms with Crippen LogP contribution in [-0.2, 0) is 0 Å². The minimum Gasteiger partial charge on any atom is -0.377 e. The van der Waals surface area contributed by atoms with Gasteiger partial charge in [-0.2, -0.15) is 0 Å². The molecule has 1 fully saturated rings. The predicted molar refractivity (Wildman–Crippen MR) is 134 cm³/mol. The van der Waals surface area contributed by atoms with Crippen molar-refractivity contribution in [1.82, 2.24) is 15.3 Å². The van der Waals surface area contributed by atoms with Crippen molar-refractivity contribution in [2.24, 2.45) is 0 Å². The lowest BCUT2D eigenvalue weighted by Gasteiger charge is -2.28. The van der Waals surface area contributed by atoms with Crippen molar-refractivity contribution < 1.29 is 4.39 Å². The summed E-state index contributed by atoms with van der Waals surface area (Å²) in [5.74, 6) is 0.746. The topological polar surface area (TPSA) is 53.1 Å². The fourth-order valence-corrected chi connectivity index (χ4v) is 4.46. The number of anilines is 2. The van der Waals surface area contributed by atoms with Crippen LogP contribution in [0.4, 0.5) is 15.9 Å². The molecule has 4 aromatic rings. The summed E-state index contributed by atoms with van der Waals surface area (Å²) in [6, 6.07) is 16.7. The van der Waals surface area contributed by atoms with E-state index in [1.807, 2.05) is 31.3 Å². The van der Waals surface area contributed by atoms with E-state index in [2.05, 4.69) is 38.7 Å². The van der Waals surface area contributed by atoms with Crippen molar-refractivity contribution in [1.29, 1.82) is 0 Å². The summed E-state index contributed by atoms with van der Waals surface area (Å²) in [4.78, 5) is 11.5. The molecule has 33 heavy (non-hydrogen) atoms. The summed E-state index contributed by atoms with van der Waals surface area (Å²) in [5.41, 5.74) is 4.18. The van der Waals surface area contributed by atoms with Crippen molar-refractivity contribution in [2.75, 3.05) is 36.4 Å². The van der Waals surface area contributed by atoms with Crippen molar-refractivity contribution in [3.63, 3.8) is 0 Å². The summed E-state index contributed by atoms with van der Waals surface area (Å²) in [7, 11) is 0. The first-order chi connectivity index (χ1) is 16.1. The standard InChI is InChI=1S/C26H25ClFN5/c1-17(20-4-2-3-5-23(20)28)32-26-21-14-18(6-8-24(21)30-16-22(26)27)19-7-9-25(31-15-19)33-12-10-29-11-13-33/h2-9,14-17,29H,10-13H2,1H3,(H,30,32). The van der Waals surface area contributed by atoms with Crippen molar-refractivity contribution >= 4 is 34.0 Å². The van der Waals surface area contributed by atoms with E-state index >= 15 is 0 Å². The van der Waals surface area contributed by atoms with Crippen LogP contribution in [0.25, 0.3) is 22.0 Å². The normalized spacial score (nSPS) is 14.9. The molecule has 3 heterocycles. The monoisotopic (exact) mass is 461 g/mol. The summed E-state index contributed by atoms with van der Waals surface area (Å²) < 4.78 is 14.3. The van der Waals surface area contributed by atoms with Gasteiger partial charge in [-0.3, -0.25) is 4.98 Å². The number of nitrogens with zero attached hydrogens (tertiary/aromatic N) is 3. The number of rotatable bonds is 5. The van der Waals surface area contributed by atoms with Crippen LogP contribution in [0, 0.1) is 5.82 Å². The van der Waals surface area contributed by atoms with Gasteiger partial charge in [-0.25, -0.2) is 9.37 Å². The maximum absolute atomic E-state index is 14.3. The van der Waals surface area contributed by atoms with E-state index in [4.69, 9.17) is 16.6 Å². The van der Waals surface area contributed by atoms with Crippen LogP contribution in [0.1, 0.15) is 18.5 Å². The van der Waals surface area contributed by atoms with Gasteiger partial charge >= 0.3 is 0 Å². The average molecular weight is 462 g/mol. The van der Waals surface area contributed by atoms with Crippen LogP contribution >= 0.6 is 11.6 Å². The zero-order valence-electron chi connectivity index (χ0n) is 18.4. The fraction of sp³-hybridized carbons (Fsp3) is 0.231. The maximum Gasteiger partial charge on any atom is 0.128 e. The largest absolute Gasteiger partial charge is 0.377 e. The van der Waals surface area contributed by atoms with Gasteiger partial charge in [0.25, 0.3) is 0 Å². The summed E-state index contributed by atoms with van der Waals surface area (Å²) in [6.07, 6.45) is 3.54. The smallest absolute Gasteiger partial charge is 0.128 e. The zero-order valence-corrected chi connectivity index (χ0v) is 19.1. The number of benzene rings is 2. The van der Waals surface area contributed by atoms with Crippen LogP contribution < -0.4 is 15.5 Å². The highest BCUT2D eigenvalue weighted by Crippen LogP contribution is 2.35. The first kappa shape index (κ1) is 21.6. The average Bonchev–Trinajstić information content (AvgIpc) is 2.86. The van der Waals surface area contributed by atoms with E-state index in [9.17, 15) is 4.39 Å². The number of aromatic nitrogens is 2. The Balaban J connectivity index is 1.47. The summed E-state index contributed by atoms with van der Waals surface area (Å²) >= 11 is 6.54. The third-order valence-electron chi connectivity index (χ3n) is 6.08. The number of halogens is 2. The molecule has 5 nitrogen and oxygen atoms in total. The van der Waals surface area contributed by atoms with Gasteiger partial charge in [-0.15, -0.1) is 0 Å². The third-order valence-corrected chi connectivity index (χ3v) is 6.36. The van der Waals surface area contributed by atoms with Crippen LogP contribution in [0.2, 0.25) is 5.02 Å². The lowest BCUT2D eigenvalue weighted by molar-refractivity contribution is 0.585. The Morgan fingerprint density at radius 3 is 2.55 bits per heavy atom. The first-order valence-electron chi connectivity index (χ1n) is 11.1. The fourth-order valence-electron chi connectivity index (χ4n) is 4.25. The Labute approximate surface area is 197 Å². The molecule has 1 aliphatic heterocycles. The quantitative estimate of drug-likeness (QED) is 0.401. The summed E-state index contributed by atoms with van der Waals surface area (Å²) in [6.45, 7) is 5.79. The highest BCUT2D eigenvalue weighted by atomic mass is 35.5. The molecule has 1 atom stereocenters. The van der Waals surface area contributed by atoms with Crippen LogP contribution in [0.15, 0.2) is 67.0 Å². The van der Waals surface area contributed by atoms with Crippen LogP contribution in [0.3, 0.4) is 0 Å². The van der Waals surface area contributed by atoms with Gasteiger partial charge in [0.15, 0.2) is 0 Å². The Morgan fingerprint density at radius 2 is 1.79 bits per heavy atom. The van der Waals surface area contributed by atoms with Crippen molar-refractivity contribution in [2.45, 2.75) is 13.0 Å². The molecule has 2 aromatic heterocycles. The molecule has 0 spiro atoms. The lowest BCUT2D eigenvalue weighted by atomic mass is 10.0. The van der Waals surface area contributed by atoms with Crippen LogP contribution in [-0.4, -0.2) is 36.1 Å². The lowest BCUT2D eigenvalue weighted by Crippen LogP contribution is -2.43. The second kappa shape index (κ2) is 9.33. The molecule has 7 heteroatoms. The molecular weight excluding hydrogens is 437 g/mol. The number of piperazine rings is 1. The Bertz CT molecular complexity index is 1270. The molecule has 2 aromatic carbocycles. The van der Waals surface area contributed by atoms with E-state index in [1.54, 1.807) is 18.3 Å². The maximum atomic E-state index is 14.3. The SMILES string of the molecule is CC(Nc1c(Cl)cnc2ccc(-c3ccc(N4CCNCC4)nc3)cc12)c1ccccc1F. The number of fused-ring (bicyclic) bond motifs is 1. The second-order valence-electron chi connectivity index (χ2n) is 8.24. The van der Waals surface area contributed by atoms with Gasteiger partial charge in [0.2, 0.25) is 0 Å². The Morgan fingerprint density at radius 1 is 1.00 bits per heavy atom. The summed E-state index contributed by atoms with van der Waals surface area (Å²) in [5, 5.41) is 8.14. The molecule has 2 N–H and O–H groups in total. The third kappa shape index (κ3) is 4.49. The van der Waals surface area contributed by atoms with E-state index in [0.29, 0.717) is 10.6 Å². The van der Waals surface area contributed by atoms with E-state index in [0.717, 1.165) is 59.7 Å². The number of hydrogen-bond acceptors (Lipinski definition) is 5. The van der Waals surface area contributed by atoms with Gasteiger partial charge in [-0.1, -0.05) is 35.9 Å². The van der Waals surface area contributed by atoms with Crippen LogP contribution in [0.5, 0.6) is 0 Å². The first-order valence-corrected chi connectivity index (χ1v) is 11.5. The second-order valence-corrected chi connectivity index (χ2v) is 8.65. The molecule has 0 amide bonds. The molecule has 0 bridgehead atoms. The molecular formula is C26H25ClFN5. The van der Waals surface area contributed by atoms with Gasteiger partial charge < -0.3 is 15.5 Å².